The van der Waals surface area contributed by atoms with E-state index in [0.29, 0.717) is 52.5 Å². The molecule has 3 aromatic rings. The lowest BCUT2D eigenvalue weighted by Crippen LogP contribution is -2.65. The number of rotatable bonds is 2. The fourth-order valence-corrected chi connectivity index (χ4v) is 10.1. The Kier molecular flexibility index (Phi) is 7.30. The van der Waals surface area contributed by atoms with E-state index in [1.54, 1.807) is 12.3 Å². The Balaban J connectivity index is 1.35. The van der Waals surface area contributed by atoms with E-state index in [4.69, 9.17) is 4.98 Å². The van der Waals surface area contributed by atoms with Crippen LogP contribution in [0.2, 0.25) is 0 Å². The largest absolute Gasteiger partial charge is 0.506 e. The summed E-state index contributed by atoms with van der Waals surface area (Å²) in [5, 5.41) is 37.0. The molecule has 10 heteroatoms. The van der Waals surface area contributed by atoms with Crippen LogP contribution >= 0.6 is 0 Å². The van der Waals surface area contributed by atoms with Gasteiger partial charge < -0.3 is 20.1 Å². The number of nitrogens with one attached hydrogen (secondary N) is 1. The van der Waals surface area contributed by atoms with Crippen LogP contribution in [0, 0.1) is 21.4 Å². The number of nitro benzene ring substituents is 1. The van der Waals surface area contributed by atoms with Crippen molar-refractivity contribution in [3.63, 3.8) is 0 Å². The SMILES string of the molecule is O=C1CCCN2[C@@H](CC1)C[C@]13CN4CCCC/C=C\CC[C@](O)(C=C(c5nccc6c5[nH]c5c(O)ccc([N+](=O)[O-])c56)[C@@H]1CC4)[C@H]23. The molecule has 1 unspecified atom stereocenters. The van der Waals surface area contributed by atoms with Crippen LogP contribution in [0.5, 0.6) is 5.75 Å². The highest BCUT2D eigenvalue weighted by atomic mass is 16.6. The number of non-ortho nitro benzene ring substituents is 1. The summed E-state index contributed by atoms with van der Waals surface area (Å²) in [5.41, 5.74) is 1.24. The molecule has 5 aliphatic rings. The molecule has 3 saturated heterocycles. The Labute approximate surface area is 268 Å². The number of phenolic OH excluding ortho intramolecular Hbond substituents is 1. The van der Waals surface area contributed by atoms with Gasteiger partial charge in [-0.3, -0.25) is 24.8 Å². The number of hydrogen-bond acceptors (Lipinski definition) is 8. The molecule has 1 spiro atoms. The molecule has 6 heterocycles. The number of nitrogens with zero attached hydrogens (tertiary/aromatic N) is 4. The first kappa shape index (κ1) is 29.8. The summed E-state index contributed by atoms with van der Waals surface area (Å²) >= 11 is 0. The molecular weight excluding hydrogens is 582 g/mol. The lowest BCUT2D eigenvalue weighted by atomic mass is 9.54. The van der Waals surface area contributed by atoms with Gasteiger partial charge in [0.15, 0.2) is 0 Å². The molecule has 3 bridgehead atoms. The number of aromatic nitrogens is 2. The van der Waals surface area contributed by atoms with Gasteiger partial charge in [0, 0.05) is 54.5 Å². The molecule has 3 N–H and O–H groups in total. The van der Waals surface area contributed by atoms with Crippen molar-refractivity contribution < 1.29 is 19.9 Å². The first-order valence-electron chi connectivity index (χ1n) is 17.2. The summed E-state index contributed by atoms with van der Waals surface area (Å²) in [5.74, 6) is 0.419. The van der Waals surface area contributed by atoms with Crippen LogP contribution in [-0.4, -0.2) is 84.6 Å². The second-order valence-corrected chi connectivity index (χ2v) is 14.4. The standard InChI is InChI=1S/C36H43N5O5/c42-24-8-7-18-40-23(9-10-24)20-35-22-39-17-6-4-2-1-3-5-15-36(44,34(35)40)21-26(27(35)14-19-39)31-32-25(13-16-37-31)30-28(41(45)46)11-12-29(43)33(30)38-32/h1,3,11-13,16,21,23,27,34,38,43-44H,2,4-10,14-15,17-20,22H2/b3-1-/t23-,27-,34+,35-,36-/m0/s1. The minimum Gasteiger partial charge on any atom is -0.506 e. The number of Topliss-reactive ketones (excluding diaryl/α,β-unsaturated/α-hetero) is 1. The Bertz CT molecular complexity index is 1780. The minimum atomic E-state index is -1.13. The van der Waals surface area contributed by atoms with Crippen molar-refractivity contribution >= 4 is 38.8 Å². The summed E-state index contributed by atoms with van der Waals surface area (Å²) in [6.45, 7) is 3.71. The van der Waals surface area contributed by atoms with Gasteiger partial charge in [-0.15, -0.1) is 0 Å². The van der Waals surface area contributed by atoms with Crippen molar-refractivity contribution in [3.05, 3.63) is 58.4 Å². The zero-order valence-electron chi connectivity index (χ0n) is 26.3. The van der Waals surface area contributed by atoms with Crippen LogP contribution < -0.4 is 0 Å². The van der Waals surface area contributed by atoms with Gasteiger partial charge in [-0.05, 0) is 107 Å². The van der Waals surface area contributed by atoms with E-state index in [9.17, 15) is 25.1 Å². The number of H-pyrrole nitrogens is 1. The molecule has 46 heavy (non-hydrogen) atoms. The predicted molar refractivity (Wildman–Crippen MR) is 176 cm³/mol. The molecular formula is C36H43N5O5. The maximum atomic E-state index is 13.1. The maximum absolute atomic E-state index is 13.1. The van der Waals surface area contributed by atoms with E-state index in [-0.39, 0.29) is 34.9 Å². The number of ketones is 1. The zero-order valence-corrected chi connectivity index (χ0v) is 26.3. The number of aromatic hydroxyl groups is 1. The molecule has 10 nitrogen and oxygen atoms in total. The molecule has 1 aromatic carbocycles. The lowest BCUT2D eigenvalue weighted by Gasteiger charge is -2.58. The van der Waals surface area contributed by atoms with E-state index in [0.717, 1.165) is 83.1 Å². The van der Waals surface area contributed by atoms with Crippen LogP contribution in [0.25, 0.3) is 27.4 Å². The number of allylic oxidation sites excluding steroid dienone is 3. The maximum Gasteiger partial charge on any atom is 0.279 e. The fourth-order valence-electron chi connectivity index (χ4n) is 10.1. The number of carbonyl (C=O) groups excluding carboxylic acids is 1. The second-order valence-electron chi connectivity index (χ2n) is 14.4. The summed E-state index contributed by atoms with van der Waals surface area (Å²) in [6, 6.07) is 4.65. The number of phenols is 1. The van der Waals surface area contributed by atoms with Crippen molar-refractivity contribution in [1.29, 1.82) is 0 Å². The van der Waals surface area contributed by atoms with Gasteiger partial charge in [-0.25, -0.2) is 0 Å². The third-order valence-electron chi connectivity index (χ3n) is 11.9. The van der Waals surface area contributed by atoms with E-state index in [1.807, 2.05) is 0 Å². The minimum absolute atomic E-state index is 0.0478. The van der Waals surface area contributed by atoms with Crippen molar-refractivity contribution in [2.75, 3.05) is 26.2 Å². The first-order chi connectivity index (χ1) is 22.3. The molecule has 4 aliphatic heterocycles. The van der Waals surface area contributed by atoms with Crippen molar-refractivity contribution in [1.82, 2.24) is 19.8 Å². The fraction of sp³-hybridized carbons (Fsp3) is 0.556. The summed E-state index contributed by atoms with van der Waals surface area (Å²) < 4.78 is 0. The number of aromatic amines is 1. The smallest absolute Gasteiger partial charge is 0.279 e. The van der Waals surface area contributed by atoms with Gasteiger partial charge >= 0.3 is 0 Å². The molecule has 6 atom stereocenters. The highest BCUT2D eigenvalue weighted by Gasteiger charge is 2.66. The van der Waals surface area contributed by atoms with Crippen molar-refractivity contribution in [2.45, 2.75) is 88.3 Å². The molecule has 1 aliphatic carbocycles. The Morgan fingerprint density at radius 3 is 2.76 bits per heavy atom. The Hall–Kier alpha value is -3.60. The van der Waals surface area contributed by atoms with Crippen molar-refractivity contribution in [3.8, 4) is 5.75 Å². The third kappa shape index (κ3) is 4.63. The number of nitro groups is 1. The average molecular weight is 626 g/mol. The molecule has 0 amide bonds. The van der Waals surface area contributed by atoms with Crippen molar-refractivity contribution in [2.24, 2.45) is 11.3 Å². The molecule has 0 radical (unpaired) electrons. The molecule has 2 aromatic heterocycles. The summed E-state index contributed by atoms with van der Waals surface area (Å²) in [4.78, 5) is 37.8. The third-order valence-corrected chi connectivity index (χ3v) is 11.9. The van der Waals surface area contributed by atoms with Gasteiger partial charge in [0.2, 0.25) is 0 Å². The van der Waals surface area contributed by atoms with Crippen LogP contribution in [0.1, 0.15) is 76.3 Å². The van der Waals surface area contributed by atoms with E-state index in [2.05, 4.69) is 33.0 Å². The number of piperidine rings is 1. The summed E-state index contributed by atoms with van der Waals surface area (Å²) in [7, 11) is 0. The van der Waals surface area contributed by atoms with E-state index >= 15 is 0 Å². The second kappa shape index (κ2) is 11.3. The number of hydrogen-bond donors (Lipinski definition) is 3. The quantitative estimate of drug-likeness (QED) is 0.183. The van der Waals surface area contributed by atoms with Crippen LogP contribution in [-0.2, 0) is 4.79 Å². The van der Waals surface area contributed by atoms with Crippen LogP contribution in [0.3, 0.4) is 0 Å². The molecule has 0 saturated carbocycles. The number of benzene rings is 1. The molecule has 8 rings (SSSR count). The highest BCUT2D eigenvalue weighted by Crippen LogP contribution is 2.62. The number of fused-ring (bicyclic) bond motifs is 5. The van der Waals surface area contributed by atoms with Crippen LogP contribution in [0.4, 0.5) is 5.69 Å². The predicted octanol–water partition coefficient (Wildman–Crippen LogP) is 5.87. The lowest BCUT2D eigenvalue weighted by molar-refractivity contribution is -0.383. The molecule has 242 valence electrons. The zero-order chi connectivity index (χ0) is 31.6. The van der Waals surface area contributed by atoms with Gasteiger partial charge in [0.05, 0.1) is 32.6 Å². The normalized spacial score (nSPS) is 34.5. The topological polar surface area (TPSA) is 136 Å². The molecule has 3 fully saturated rings. The number of aliphatic hydroxyl groups is 1. The van der Waals surface area contributed by atoms with Gasteiger partial charge in [0.1, 0.15) is 11.5 Å². The van der Waals surface area contributed by atoms with Gasteiger partial charge in [-0.2, -0.15) is 0 Å². The number of pyridine rings is 1. The average Bonchev–Trinajstić information content (AvgIpc) is 3.56. The van der Waals surface area contributed by atoms with E-state index < -0.39 is 10.5 Å². The first-order valence-corrected chi connectivity index (χ1v) is 17.2. The van der Waals surface area contributed by atoms with E-state index in [1.165, 1.54) is 12.1 Å². The monoisotopic (exact) mass is 625 g/mol. The van der Waals surface area contributed by atoms with Gasteiger partial charge in [-0.1, -0.05) is 12.2 Å². The Morgan fingerprint density at radius 2 is 1.89 bits per heavy atom. The highest BCUT2D eigenvalue weighted by molar-refractivity contribution is 6.15. The number of carbonyl (C=O) groups is 1. The van der Waals surface area contributed by atoms with Crippen LogP contribution in [0.15, 0.2) is 42.6 Å². The van der Waals surface area contributed by atoms with Gasteiger partial charge in [0.25, 0.3) is 5.69 Å². The Morgan fingerprint density at radius 1 is 1.02 bits per heavy atom. The summed E-state index contributed by atoms with van der Waals surface area (Å²) in [6.07, 6.45) is 17.7.